The van der Waals surface area contributed by atoms with Gasteiger partial charge in [0, 0.05) is 35.1 Å². The highest BCUT2D eigenvalue weighted by Gasteiger charge is 2.09. The largest absolute Gasteiger partial charge is 0.268 e. The number of benzene rings is 1. The van der Waals surface area contributed by atoms with Gasteiger partial charge in [0.15, 0.2) is 0 Å². The molecular formula is C21H15N5S. The predicted molar refractivity (Wildman–Crippen MR) is 107 cm³/mol. The fourth-order valence-corrected chi connectivity index (χ4v) is 3.47. The van der Waals surface area contributed by atoms with Gasteiger partial charge in [0.2, 0.25) is 0 Å². The molecule has 6 heteroatoms. The van der Waals surface area contributed by atoms with E-state index in [0.717, 1.165) is 16.8 Å². The molecule has 0 N–H and O–H groups in total. The Labute approximate surface area is 160 Å². The lowest BCUT2D eigenvalue weighted by Crippen LogP contribution is -1.99. The summed E-state index contributed by atoms with van der Waals surface area (Å²) in [6, 6.07) is 16.2. The van der Waals surface area contributed by atoms with E-state index in [-0.39, 0.29) is 0 Å². The van der Waals surface area contributed by atoms with Gasteiger partial charge in [-0.3, -0.25) is 9.67 Å². The minimum atomic E-state index is 0.527. The van der Waals surface area contributed by atoms with Crippen molar-refractivity contribution in [2.24, 2.45) is 0 Å². The maximum atomic E-state index is 9.57. The van der Waals surface area contributed by atoms with Crippen LogP contribution in [0.4, 0.5) is 0 Å². The number of allylic oxidation sites excluding steroid dienone is 1. The van der Waals surface area contributed by atoms with Gasteiger partial charge in [-0.25, -0.2) is 4.98 Å². The third-order valence-electron chi connectivity index (χ3n) is 3.98. The van der Waals surface area contributed by atoms with E-state index >= 15 is 0 Å². The van der Waals surface area contributed by atoms with Crippen molar-refractivity contribution in [2.45, 2.75) is 6.54 Å². The molecule has 0 aliphatic heterocycles. The maximum Gasteiger partial charge on any atom is 0.134 e. The molecule has 0 bridgehead atoms. The summed E-state index contributed by atoms with van der Waals surface area (Å²) >= 11 is 1.46. The highest BCUT2D eigenvalue weighted by atomic mass is 32.1. The first kappa shape index (κ1) is 16.9. The standard InChI is InChI=1S/C21H15N5S/c22-11-19(21-25-20(15-27-21)18-6-8-23-9-7-18)10-17-12-24-26(14-17)13-16-4-2-1-3-5-16/h1-10,12,14-15H,13H2/b19-10+. The normalized spacial score (nSPS) is 11.3. The molecule has 4 aromatic rings. The van der Waals surface area contributed by atoms with Crippen molar-refractivity contribution in [1.82, 2.24) is 19.7 Å². The first-order valence-electron chi connectivity index (χ1n) is 8.36. The molecule has 3 heterocycles. The average molecular weight is 369 g/mol. The van der Waals surface area contributed by atoms with Crippen LogP contribution in [0.25, 0.3) is 22.9 Å². The Bertz CT molecular complexity index is 1100. The summed E-state index contributed by atoms with van der Waals surface area (Å²) in [6.45, 7) is 0.694. The Morgan fingerprint density at radius 3 is 2.74 bits per heavy atom. The molecule has 5 nitrogen and oxygen atoms in total. The van der Waals surface area contributed by atoms with Crippen LogP contribution in [0.1, 0.15) is 16.1 Å². The minimum Gasteiger partial charge on any atom is -0.268 e. The topological polar surface area (TPSA) is 67.4 Å². The molecule has 4 rings (SSSR count). The predicted octanol–water partition coefficient (Wildman–Crippen LogP) is 4.51. The summed E-state index contributed by atoms with van der Waals surface area (Å²) in [5.41, 5.74) is 4.42. The monoisotopic (exact) mass is 369 g/mol. The highest BCUT2D eigenvalue weighted by molar-refractivity contribution is 7.11. The molecule has 0 atom stereocenters. The van der Waals surface area contributed by atoms with E-state index < -0.39 is 0 Å². The molecule has 0 aliphatic rings. The zero-order valence-electron chi connectivity index (χ0n) is 14.4. The number of rotatable bonds is 5. The SMILES string of the molecule is N#C/C(=C\c1cnn(Cc2ccccc2)c1)c1nc(-c2ccncc2)cs1. The van der Waals surface area contributed by atoms with Crippen molar-refractivity contribution in [2.75, 3.05) is 0 Å². The van der Waals surface area contributed by atoms with Gasteiger partial charge in [0.05, 0.1) is 24.0 Å². The average Bonchev–Trinajstić information content (AvgIpc) is 3.37. The maximum absolute atomic E-state index is 9.57. The van der Waals surface area contributed by atoms with Crippen molar-refractivity contribution >= 4 is 23.0 Å². The number of aromatic nitrogens is 4. The summed E-state index contributed by atoms with van der Waals surface area (Å²) in [5.74, 6) is 0. The second-order valence-electron chi connectivity index (χ2n) is 5.90. The van der Waals surface area contributed by atoms with E-state index in [9.17, 15) is 5.26 Å². The number of hydrogen-bond acceptors (Lipinski definition) is 5. The van der Waals surface area contributed by atoms with Gasteiger partial charge in [-0.2, -0.15) is 10.4 Å². The van der Waals surface area contributed by atoms with E-state index in [2.05, 4.69) is 33.3 Å². The molecule has 0 fully saturated rings. The lowest BCUT2D eigenvalue weighted by molar-refractivity contribution is 0.687. The fraction of sp³-hybridized carbons (Fsp3) is 0.0476. The molecule has 0 aliphatic carbocycles. The van der Waals surface area contributed by atoms with Crippen LogP contribution in [-0.4, -0.2) is 19.7 Å². The third-order valence-corrected chi connectivity index (χ3v) is 4.86. The van der Waals surface area contributed by atoms with Gasteiger partial charge in [-0.05, 0) is 23.8 Å². The van der Waals surface area contributed by atoms with Gasteiger partial charge >= 0.3 is 0 Å². The molecule has 130 valence electrons. The smallest absolute Gasteiger partial charge is 0.134 e. The lowest BCUT2D eigenvalue weighted by atomic mass is 10.2. The summed E-state index contributed by atoms with van der Waals surface area (Å²) < 4.78 is 1.86. The summed E-state index contributed by atoms with van der Waals surface area (Å²) in [4.78, 5) is 8.61. The molecule has 0 amide bonds. The molecule has 0 spiro atoms. The van der Waals surface area contributed by atoms with Crippen LogP contribution in [0.3, 0.4) is 0 Å². The second kappa shape index (κ2) is 7.77. The van der Waals surface area contributed by atoms with E-state index in [1.165, 1.54) is 16.9 Å². The summed E-state index contributed by atoms with van der Waals surface area (Å²) in [5, 5.41) is 16.6. The Balaban J connectivity index is 1.56. The van der Waals surface area contributed by atoms with Gasteiger partial charge < -0.3 is 0 Å². The number of nitrogens with zero attached hydrogens (tertiary/aromatic N) is 5. The van der Waals surface area contributed by atoms with Crippen molar-refractivity contribution in [3.63, 3.8) is 0 Å². The second-order valence-corrected chi connectivity index (χ2v) is 6.76. The van der Waals surface area contributed by atoms with Crippen molar-refractivity contribution in [3.05, 3.63) is 88.8 Å². The van der Waals surface area contributed by atoms with Crippen LogP contribution >= 0.6 is 11.3 Å². The Kier molecular flexibility index (Phi) is 4.86. The number of nitriles is 1. The van der Waals surface area contributed by atoms with E-state index in [1.807, 2.05) is 52.7 Å². The van der Waals surface area contributed by atoms with E-state index in [0.29, 0.717) is 17.1 Å². The molecular weight excluding hydrogens is 354 g/mol. The van der Waals surface area contributed by atoms with Crippen LogP contribution in [0.2, 0.25) is 0 Å². The van der Waals surface area contributed by atoms with Crippen LogP contribution in [-0.2, 0) is 6.54 Å². The first-order valence-corrected chi connectivity index (χ1v) is 9.24. The minimum absolute atomic E-state index is 0.527. The zero-order valence-corrected chi connectivity index (χ0v) is 15.2. The van der Waals surface area contributed by atoms with Crippen LogP contribution < -0.4 is 0 Å². The van der Waals surface area contributed by atoms with Crippen molar-refractivity contribution in [3.8, 4) is 17.3 Å². The fourth-order valence-electron chi connectivity index (χ4n) is 2.67. The molecule has 0 radical (unpaired) electrons. The van der Waals surface area contributed by atoms with Gasteiger partial charge in [0.1, 0.15) is 11.1 Å². The molecule has 0 saturated carbocycles. The van der Waals surface area contributed by atoms with Gasteiger partial charge in [-0.15, -0.1) is 11.3 Å². The summed E-state index contributed by atoms with van der Waals surface area (Å²) in [6.07, 6.45) is 8.98. The quantitative estimate of drug-likeness (QED) is 0.485. The lowest BCUT2D eigenvalue weighted by Gasteiger charge is -2.00. The van der Waals surface area contributed by atoms with Crippen LogP contribution in [0, 0.1) is 11.3 Å². The molecule has 0 saturated heterocycles. The van der Waals surface area contributed by atoms with E-state index in [4.69, 9.17) is 0 Å². The number of hydrogen-bond donors (Lipinski definition) is 0. The third kappa shape index (κ3) is 4.00. The highest BCUT2D eigenvalue weighted by Crippen LogP contribution is 2.26. The van der Waals surface area contributed by atoms with Gasteiger partial charge in [-0.1, -0.05) is 30.3 Å². The molecule has 27 heavy (non-hydrogen) atoms. The van der Waals surface area contributed by atoms with Crippen molar-refractivity contribution in [1.29, 1.82) is 5.26 Å². The van der Waals surface area contributed by atoms with Crippen molar-refractivity contribution < 1.29 is 0 Å². The number of thiazole rings is 1. The number of pyridine rings is 1. The molecule has 1 aromatic carbocycles. The molecule has 0 unspecified atom stereocenters. The van der Waals surface area contributed by atoms with Crippen LogP contribution in [0.15, 0.2) is 72.6 Å². The van der Waals surface area contributed by atoms with Gasteiger partial charge in [0.25, 0.3) is 0 Å². The molecule has 3 aromatic heterocycles. The Hall–Kier alpha value is -3.56. The Morgan fingerprint density at radius 1 is 1.15 bits per heavy atom. The zero-order chi connectivity index (χ0) is 18.5. The first-order chi connectivity index (χ1) is 13.3. The van der Waals surface area contributed by atoms with E-state index in [1.54, 1.807) is 18.6 Å². The van der Waals surface area contributed by atoms with Crippen LogP contribution in [0.5, 0.6) is 0 Å². The summed E-state index contributed by atoms with van der Waals surface area (Å²) in [7, 11) is 0. The Morgan fingerprint density at radius 2 is 1.96 bits per heavy atom.